The molecular formula is C67H82O32. The minimum absolute atomic E-state index is 0. The SMILES string of the molecule is C.COc1ccc(CCC(=O)c2c(O)cc(O)cc2O)cc1O.COc1ccc(CCC(=O)c2c(O)cc(O[C@@H]3O[C@H](CO)[C@@H](O)[C@H](O)[C@H]3O)cc2O)cc1O.COc1ccc(CCC(=O)c2c(O)cc(O[C@@H]3O[C@H](CO)[C@@H](O)[C@H](O)[C@H]3O[C@@H]3O[C@@H](C)[C@H](O)[C@@H](O)[C@H]3O)cc2O)cc1O. The van der Waals surface area contributed by atoms with Gasteiger partial charge in [0.15, 0.2) is 64.2 Å². The van der Waals surface area contributed by atoms with E-state index in [1.807, 2.05) is 0 Å². The van der Waals surface area contributed by atoms with E-state index in [4.69, 9.17) is 42.6 Å². The van der Waals surface area contributed by atoms with Crippen LogP contribution in [-0.4, -0.2) is 246 Å². The summed E-state index contributed by atoms with van der Waals surface area (Å²) in [5.41, 5.74) is 0.997. The van der Waals surface area contributed by atoms with Gasteiger partial charge in [-0.25, -0.2) is 0 Å². The van der Waals surface area contributed by atoms with Crippen LogP contribution in [0.5, 0.6) is 86.2 Å². The van der Waals surface area contributed by atoms with Crippen molar-refractivity contribution in [3.8, 4) is 86.2 Å². The van der Waals surface area contributed by atoms with Crippen molar-refractivity contribution in [3.05, 3.63) is 124 Å². The number of carbonyl (C=O) groups excluding carboxylic acids is 3. The molecule has 20 N–H and O–H groups in total. The first-order valence-corrected chi connectivity index (χ1v) is 30.1. The van der Waals surface area contributed by atoms with Crippen LogP contribution < -0.4 is 23.7 Å². The summed E-state index contributed by atoms with van der Waals surface area (Å²) in [5, 5.41) is 200. The Morgan fingerprint density at radius 1 is 0.384 bits per heavy atom. The van der Waals surface area contributed by atoms with Gasteiger partial charge in [-0.1, -0.05) is 25.6 Å². The molecule has 0 spiro atoms. The summed E-state index contributed by atoms with van der Waals surface area (Å²) in [6.07, 6.45) is -22.7. The molecule has 99 heavy (non-hydrogen) atoms. The van der Waals surface area contributed by atoms with Crippen LogP contribution in [0.25, 0.3) is 0 Å². The maximum Gasteiger partial charge on any atom is 0.229 e. The maximum absolute atomic E-state index is 12.9. The lowest BCUT2D eigenvalue weighted by Crippen LogP contribution is -2.64. The fraction of sp³-hybridized carbons (Fsp3) is 0.418. The average molecular weight is 1400 g/mol. The van der Waals surface area contributed by atoms with Gasteiger partial charge in [0.2, 0.25) is 12.6 Å². The van der Waals surface area contributed by atoms with Gasteiger partial charge in [-0.3, -0.25) is 14.4 Å². The van der Waals surface area contributed by atoms with Gasteiger partial charge in [-0.15, -0.1) is 0 Å². The number of aryl methyl sites for hydroxylation is 3. The van der Waals surface area contributed by atoms with Gasteiger partial charge in [0, 0.05) is 55.7 Å². The van der Waals surface area contributed by atoms with Crippen molar-refractivity contribution in [3.63, 3.8) is 0 Å². The maximum atomic E-state index is 12.9. The highest BCUT2D eigenvalue weighted by atomic mass is 16.8. The van der Waals surface area contributed by atoms with E-state index in [0.29, 0.717) is 28.9 Å². The quantitative estimate of drug-likeness (QED) is 0.0403. The number of hydrogen-bond acceptors (Lipinski definition) is 32. The second-order valence-electron chi connectivity index (χ2n) is 22.7. The van der Waals surface area contributed by atoms with Crippen molar-refractivity contribution < 1.29 is 159 Å². The lowest BCUT2D eigenvalue weighted by molar-refractivity contribution is -0.354. The fourth-order valence-corrected chi connectivity index (χ4v) is 10.6. The van der Waals surface area contributed by atoms with Gasteiger partial charge >= 0.3 is 0 Å². The molecule has 0 saturated carbocycles. The van der Waals surface area contributed by atoms with E-state index in [1.54, 1.807) is 30.3 Å². The summed E-state index contributed by atoms with van der Waals surface area (Å²) >= 11 is 0. The zero-order valence-corrected chi connectivity index (χ0v) is 52.8. The Bertz CT molecular complexity index is 3640. The zero-order chi connectivity index (χ0) is 72.1. The smallest absolute Gasteiger partial charge is 0.229 e. The molecule has 32 heteroatoms. The Morgan fingerprint density at radius 2 is 0.707 bits per heavy atom. The first kappa shape index (κ1) is 78.8. The molecule has 0 amide bonds. The molecule has 0 bridgehead atoms. The van der Waals surface area contributed by atoms with E-state index in [2.05, 4.69) is 0 Å². The second kappa shape index (κ2) is 35.0. The average Bonchev–Trinajstić information content (AvgIpc) is 0.785. The molecule has 3 aliphatic rings. The molecule has 0 aromatic heterocycles. The third kappa shape index (κ3) is 19.2. The highest BCUT2D eigenvalue weighted by Crippen LogP contribution is 2.40. The molecule has 3 aliphatic heterocycles. The molecule has 3 saturated heterocycles. The largest absolute Gasteiger partial charge is 0.508 e. The number of ether oxygens (including phenoxy) is 9. The van der Waals surface area contributed by atoms with E-state index in [9.17, 15) is 117 Å². The predicted octanol–water partition coefficient (Wildman–Crippen LogP) is 1.43. The van der Waals surface area contributed by atoms with Crippen LogP contribution >= 0.6 is 0 Å². The number of phenolic OH excluding ortho intramolecular Hbond substituents is 10. The molecule has 3 fully saturated rings. The summed E-state index contributed by atoms with van der Waals surface area (Å²) in [7, 11) is 4.25. The van der Waals surface area contributed by atoms with Crippen LogP contribution in [0, 0.1) is 0 Å². The third-order valence-electron chi connectivity index (χ3n) is 16.0. The number of carbonyl (C=O) groups is 3. The molecule has 6 aromatic carbocycles. The lowest BCUT2D eigenvalue weighted by Gasteiger charge is -2.45. The van der Waals surface area contributed by atoms with Crippen LogP contribution in [0.15, 0.2) is 91.0 Å². The van der Waals surface area contributed by atoms with E-state index in [-0.39, 0.29) is 96.7 Å². The van der Waals surface area contributed by atoms with Crippen molar-refractivity contribution in [2.45, 2.75) is 145 Å². The van der Waals surface area contributed by atoms with Gasteiger partial charge in [-0.05, 0) is 79.3 Å². The number of aliphatic hydroxyl groups excluding tert-OH is 10. The number of Topliss-reactive ketones (excluding diaryl/α,β-unsaturated/α-hetero) is 3. The van der Waals surface area contributed by atoms with E-state index in [1.165, 1.54) is 52.5 Å². The van der Waals surface area contributed by atoms with E-state index < -0.39 is 163 Å². The van der Waals surface area contributed by atoms with Gasteiger partial charge in [0.25, 0.3) is 0 Å². The van der Waals surface area contributed by atoms with Crippen LogP contribution in [0.1, 0.15) is 81.4 Å². The van der Waals surface area contributed by atoms with Crippen molar-refractivity contribution in [2.24, 2.45) is 0 Å². The fourth-order valence-electron chi connectivity index (χ4n) is 10.6. The Labute approximate surface area is 564 Å². The number of methoxy groups -OCH3 is 3. The summed E-state index contributed by atoms with van der Waals surface area (Å²) in [6.45, 7) is 0.00967. The van der Waals surface area contributed by atoms with Gasteiger partial charge in [0.05, 0.1) is 40.6 Å². The van der Waals surface area contributed by atoms with Crippen LogP contribution in [0.4, 0.5) is 0 Å². The summed E-state index contributed by atoms with van der Waals surface area (Å²) in [4.78, 5) is 37.5. The number of aromatic hydroxyl groups is 10. The van der Waals surface area contributed by atoms with Crippen molar-refractivity contribution in [1.29, 1.82) is 0 Å². The normalized spacial score (nSPS) is 24.8. The summed E-state index contributed by atoms with van der Waals surface area (Å²) in [5.74, 6) is -5.19. The molecule has 0 aliphatic carbocycles. The molecule has 32 nitrogen and oxygen atoms in total. The van der Waals surface area contributed by atoms with Crippen LogP contribution in [0.2, 0.25) is 0 Å². The van der Waals surface area contributed by atoms with Gasteiger partial charge in [0.1, 0.15) is 129 Å². The van der Waals surface area contributed by atoms with Crippen molar-refractivity contribution >= 4 is 17.3 Å². The Hall–Kier alpha value is -9.23. The lowest BCUT2D eigenvalue weighted by atomic mass is 9.97. The number of ketones is 3. The zero-order valence-electron chi connectivity index (χ0n) is 52.8. The minimum atomic E-state index is -1.79. The highest BCUT2D eigenvalue weighted by Gasteiger charge is 2.51. The van der Waals surface area contributed by atoms with Crippen LogP contribution in [0.3, 0.4) is 0 Å². The molecule has 0 unspecified atom stereocenters. The minimum Gasteiger partial charge on any atom is -0.508 e. The Kier molecular flexibility index (Phi) is 27.8. The molecule has 542 valence electrons. The standard InChI is InChI=1S/C28H36O15.C22H26O11.C16H16O6.CH4/c1-11-21(34)23(36)25(38)27(40-11)43-26-24(37)22(35)19(10-29)42-28(26)41-13-8-16(32)20(17(33)9-13)14(30)5-3-12-4-6-18(39-2)15(31)7-12;1-31-16-5-3-10(6-13(16)25)2-4-12(24)18-14(26)7-11(8-15(18)27)32-22-21(30)20(29)19(28)17(9-23)33-22;1-22-15-5-3-9(6-12(15)19)2-4-11(18)16-13(20)7-10(17)8-14(16)21;/h4,6-9,11,19,21-29,31-38H,3,5,10H2,1-2H3;3,5-8,17,19-23,25-30H,2,4,9H2,1H3;3,5-8,17,19-21H,2,4H2,1H3;1H4/t11-,19+,21-,22+,23+,24-,25+,26+,27-,28+;17-,19-,20+,21-,22-;;/m01../s1. The van der Waals surface area contributed by atoms with Crippen molar-refractivity contribution in [1.82, 2.24) is 0 Å². The Morgan fingerprint density at radius 3 is 1.06 bits per heavy atom. The topological polar surface area (TPSA) is 539 Å². The predicted molar refractivity (Wildman–Crippen MR) is 340 cm³/mol. The van der Waals surface area contributed by atoms with Gasteiger partial charge in [-0.2, -0.15) is 0 Å². The summed E-state index contributed by atoms with van der Waals surface area (Å²) < 4.78 is 47.7. The van der Waals surface area contributed by atoms with Crippen LogP contribution in [-0.2, 0) is 38.2 Å². The molecule has 9 rings (SSSR count). The Balaban J connectivity index is 0.000000245. The van der Waals surface area contributed by atoms with E-state index >= 15 is 0 Å². The second-order valence-corrected chi connectivity index (χ2v) is 22.7. The molecule has 6 aromatic rings. The molecule has 15 atom stereocenters. The number of benzene rings is 6. The molecule has 0 radical (unpaired) electrons. The van der Waals surface area contributed by atoms with E-state index in [0.717, 1.165) is 36.4 Å². The molecular weight excluding hydrogens is 1320 g/mol. The van der Waals surface area contributed by atoms with Gasteiger partial charge < -0.3 is 145 Å². The summed E-state index contributed by atoms with van der Waals surface area (Å²) in [6, 6.07) is 20.1. The molecule has 3 heterocycles. The number of aliphatic hydroxyl groups is 10. The first-order chi connectivity index (χ1) is 46.4. The third-order valence-corrected chi connectivity index (χ3v) is 16.0. The first-order valence-electron chi connectivity index (χ1n) is 30.1. The highest BCUT2D eigenvalue weighted by molar-refractivity contribution is 6.02. The number of rotatable bonds is 23. The number of phenols is 10. The number of hydrogen-bond donors (Lipinski definition) is 20. The van der Waals surface area contributed by atoms with Crippen molar-refractivity contribution in [2.75, 3.05) is 34.5 Å². The monoisotopic (exact) mass is 1400 g/mol.